The lowest BCUT2D eigenvalue weighted by atomic mass is 10.1. The largest absolute Gasteiger partial charge is 0.479 e. The molecule has 0 aliphatic heterocycles. The molecule has 2 rings (SSSR count). The number of nitrogens with one attached hydrogen (secondary N) is 2. The second-order valence-corrected chi connectivity index (χ2v) is 4.97. The van der Waals surface area contributed by atoms with Gasteiger partial charge in [0.25, 0.3) is 11.8 Å². The predicted octanol–water partition coefficient (Wildman–Crippen LogP) is 1.82. The van der Waals surface area contributed by atoms with Crippen molar-refractivity contribution in [2.24, 2.45) is 0 Å². The van der Waals surface area contributed by atoms with Crippen molar-refractivity contribution in [2.45, 2.75) is 13.0 Å². The second-order valence-electron chi connectivity index (χ2n) is 4.97. The first-order valence-electron chi connectivity index (χ1n) is 6.93. The molecule has 0 aliphatic carbocycles. The molecule has 0 saturated heterocycles. The third-order valence-electron chi connectivity index (χ3n) is 3.14. The lowest BCUT2D eigenvalue weighted by Crippen LogP contribution is -2.49. The molecule has 0 fully saturated rings. The molecular weight excluding hydrogens is 296 g/mol. The van der Waals surface area contributed by atoms with Crippen LogP contribution in [0, 0.1) is 6.92 Å². The summed E-state index contributed by atoms with van der Waals surface area (Å²) in [6.45, 7) is 1.87. The molecule has 2 aromatic carbocycles. The van der Waals surface area contributed by atoms with Crippen molar-refractivity contribution < 1.29 is 19.5 Å². The summed E-state index contributed by atoms with van der Waals surface area (Å²) in [5, 5.41) is 13.9. The Bertz CT molecular complexity index is 711. The number of aryl methyl sites for hydroxylation is 1. The second kappa shape index (κ2) is 7.22. The highest BCUT2D eigenvalue weighted by molar-refractivity contribution is 6.11. The van der Waals surface area contributed by atoms with Crippen LogP contribution in [0.4, 0.5) is 5.69 Å². The molecule has 2 amide bonds. The van der Waals surface area contributed by atoms with E-state index >= 15 is 0 Å². The maximum atomic E-state index is 12.1. The Hall–Kier alpha value is -3.15. The minimum Gasteiger partial charge on any atom is -0.479 e. The average molecular weight is 312 g/mol. The van der Waals surface area contributed by atoms with Crippen LogP contribution in [0.2, 0.25) is 0 Å². The number of carboxylic acids is 1. The predicted molar refractivity (Wildman–Crippen MR) is 85.1 cm³/mol. The number of benzene rings is 2. The maximum absolute atomic E-state index is 12.1. The van der Waals surface area contributed by atoms with Crippen LogP contribution in [-0.4, -0.2) is 28.9 Å². The van der Waals surface area contributed by atoms with Crippen LogP contribution in [0.15, 0.2) is 54.6 Å². The molecule has 2 aromatic rings. The van der Waals surface area contributed by atoms with Crippen LogP contribution in [0.25, 0.3) is 0 Å². The van der Waals surface area contributed by atoms with Gasteiger partial charge in [0.15, 0.2) is 0 Å². The van der Waals surface area contributed by atoms with Gasteiger partial charge in [-0.3, -0.25) is 9.59 Å². The molecule has 6 nitrogen and oxygen atoms in total. The monoisotopic (exact) mass is 312 g/mol. The first-order chi connectivity index (χ1) is 11.0. The number of carbonyl (C=O) groups is 3. The van der Waals surface area contributed by atoms with E-state index in [9.17, 15) is 19.5 Å². The molecule has 0 aromatic heterocycles. The van der Waals surface area contributed by atoms with E-state index < -0.39 is 23.8 Å². The van der Waals surface area contributed by atoms with E-state index in [2.05, 4.69) is 10.6 Å². The number of carbonyl (C=O) groups excluding carboxylic acids is 2. The number of aliphatic carboxylic acids is 1. The quantitative estimate of drug-likeness (QED) is 0.734. The summed E-state index contributed by atoms with van der Waals surface area (Å²) < 4.78 is 0. The zero-order valence-corrected chi connectivity index (χ0v) is 12.4. The summed E-state index contributed by atoms with van der Waals surface area (Å²) in [6.07, 6.45) is 0. The lowest BCUT2D eigenvalue weighted by Gasteiger charge is -2.14. The van der Waals surface area contributed by atoms with E-state index in [1.165, 1.54) is 0 Å². The van der Waals surface area contributed by atoms with Crippen LogP contribution < -0.4 is 10.6 Å². The number of amides is 2. The van der Waals surface area contributed by atoms with Crippen molar-refractivity contribution >= 4 is 23.5 Å². The molecule has 0 bridgehead atoms. The van der Waals surface area contributed by atoms with Gasteiger partial charge < -0.3 is 15.7 Å². The Kier molecular flexibility index (Phi) is 5.09. The highest BCUT2D eigenvalue weighted by Crippen LogP contribution is 2.07. The van der Waals surface area contributed by atoms with Gasteiger partial charge in [0.2, 0.25) is 6.04 Å². The maximum Gasteiger partial charge on any atom is 0.336 e. The van der Waals surface area contributed by atoms with Crippen LogP contribution in [-0.2, 0) is 9.59 Å². The molecule has 6 heteroatoms. The van der Waals surface area contributed by atoms with Gasteiger partial charge in [-0.15, -0.1) is 0 Å². The number of hydrogen-bond donors (Lipinski definition) is 3. The van der Waals surface area contributed by atoms with Crippen molar-refractivity contribution in [1.29, 1.82) is 0 Å². The third kappa shape index (κ3) is 4.41. The molecular formula is C17H16N2O4. The number of anilines is 1. The zero-order valence-electron chi connectivity index (χ0n) is 12.4. The summed E-state index contributed by atoms with van der Waals surface area (Å²) in [5.41, 5.74) is 1.71. The molecule has 0 spiro atoms. The van der Waals surface area contributed by atoms with E-state index in [1.807, 2.05) is 6.92 Å². The molecule has 3 N–H and O–H groups in total. The van der Waals surface area contributed by atoms with E-state index in [0.717, 1.165) is 5.56 Å². The normalized spacial score (nSPS) is 11.3. The minimum absolute atomic E-state index is 0.286. The molecule has 0 aliphatic rings. The van der Waals surface area contributed by atoms with E-state index in [1.54, 1.807) is 54.6 Å². The third-order valence-corrected chi connectivity index (χ3v) is 3.14. The van der Waals surface area contributed by atoms with Gasteiger partial charge in [0.05, 0.1) is 0 Å². The summed E-state index contributed by atoms with van der Waals surface area (Å²) in [4.78, 5) is 35.4. The number of hydrogen-bond acceptors (Lipinski definition) is 3. The topological polar surface area (TPSA) is 95.5 Å². The Labute approximate surface area is 133 Å². The van der Waals surface area contributed by atoms with Crippen LogP contribution in [0.1, 0.15) is 15.9 Å². The smallest absolute Gasteiger partial charge is 0.336 e. The van der Waals surface area contributed by atoms with Crippen LogP contribution in [0.5, 0.6) is 0 Å². The molecule has 0 unspecified atom stereocenters. The lowest BCUT2D eigenvalue weighted by molar-refractivity contribution is -0.142. The minimum atomic E-state index is -1.68. The Morgan fingerprint density at radius 1 is 0.957 bits per heavy atom. The summed E-state index contributed by atoms with van der Waals surface area (Å²) in [6, 6.07) is 13.3. The van der Waals surface area contributed by atoms with Gasteiger partial charge in [-0.25, -0.2) is 4.79 Å². The van der Waals surface area contributed by atoms with E-state index in [4.69, 9.17) is 0 Å². The highest BCUT2D eigenvalue weighted by Gasteiger charge is 2.28. The van der Waals surface area contributed by atoms with E-state index in [-0.39, 0.29) is 5.56 Å². The standard InChI is InChI=1S/C17H16N2O4/c1-11-7-9-12(10-8-11)15(20)19-14(17(22)23)16(21)18-13-5-3-2-4-6-13/h2-10,14H,1H3,(H,18,21)(H,19,20)(H,22,23)/t14-/m0/s1. The number of rotatable bonds is 5. The fourth-order valence-electron chi connectivity index (χ4n) is 1.89. The zero-order chi connectivity index (χ0) is 16.8. The van der Waals surface area contributed by atoms with Crippen molar-refractivity contribution in [1.82, 2.24) is 5.32 Å². The summed E-state index contributed by atoms with van der Waals surface area (Å²) in [7, 11) is 0. The fourth-order valence-corrected chi connectivity index (χ4v) is 1.89. The first kappa shape index (κ1) is 16.2. The van der Waals surface area contributed by atoms with Gasteiger partial charge in [-0.05, 0) is 31.2 Å². The number of carboxylic acid groups (broad SMARTS) is 1. The van der Waals surface area contributed by atoms with Gasteiger partial charge in [0, 0.05) is 11.3 Å². The van der Waals surface area contributed by atoms with Crippen LogP contribution in [0.3, 0.4) is 0 Å². The molecule has 118 valence electrons. The van der Waals surface area contributed by atoms with Crippen LogP contribution >= 0.6 is 0 Å². The Morgan fingerprint density at radius 3 is 2.13 bits per heavy atom. The fraction of sp³-hybridized carbons (Fsp3) is 0.118. The number of para-hydroxylation sites is 1. The van der Waals surface area contributed by atoms with Gasteiger partial charge in [-0.1, -0.05) is 35.9 Å². The molecule has 0 saturated carbocycles. The molecule has 0 heterocycles. The van der Waals surface area contributed by atoms with E-state index in [0.29, 0.717) is 5.69 Å². The van der Waals surface area contributed by atoms with Crippen molar-refractivity contribution in [3.05, 3.63) is 65.7 Å². The first-order valence-corrected chi connectivity index (χ1v) is 6.93. The summed E-state index contributed by atoms with van der Waals surface area (Å²) >= 11 is 0. The van der Waals surface area contributed by atoms with Crippen molar-refractivity contribution in [3.63, 3.8) is 0 Å². The Morgan fingerprint density at radius 2 is 1.57 bits per heavy atom. The molecule has 23 heavy (non-hydrogen) atoms. The highest BCUT2D eigenvalue weighted by atomic mass is 16.4. The summed E-state index contributed by atoms with van der Waals surface area (Å²) in [5.74, 6) is -2.87. The SMILES string of the molecule is Cc1ccc(C(=O)N[C@H](C(=O)O)C(=O)Nc2ccccc2)cc1. The van der Waals surface area contributed by atoms with Crippen molar-refractivity contribution in [3.8, 4) is 0 Å². The molecule has 1 atom stereocenters. The average Bonchev–Trinajstić information content (AvgIpc) is 2.53. The van der Waals surface area contributed by atoms with Gasteiger partial charge in [-0.2, -0.15) is 0 Å². The Balaban J connectivity index is 2.09. The molecule has 0 radical (unpaired) electrons. The van der Waals surface area contributed by atoms with Crippen molar-refractivity contribution in [2.75, 3.05) is 5.32 Å². The van der Waals surface area contributed by atoms with Gasteiger partial charge >= 0.3 is 5.97 Å². The van der Waals surface area contributed by atoms with Gasteiger partial charge in [0.1, 0.15) is 0 Å².